The third-order valence-corrected chi connectivity index (χ3v) is 5.18. The number of carbonyl (C=O) groups excluding carboxylic acids is 2. The summed E-state index contributed by atoms with van der Waals surface area (Å²) in [5.41, 5.74) is 2.23. The fraction of sp³-hybridized carbons (Fsp3) is 0.240. The molecule has 0 radical (unpaired) electrons. The van der Waals surface area contributed by atoms with Crippen LogP contribution in [0.4, 0.5) is 20.2 Å². The van der Waals surface area contributed by atoms with Gasteiger partial charge in [-0.2, -0.15) is 0 Å². The van der Waals surface area contributed by atoms with Gasteiger partial charge in [-0.15, -0.1) is 8.78 Å². The van der Waals surface area contributed by atoms with Gasteiger partial charge in [0.1, 0.15) is 5.69 Å². The summed E-state index contributed by atoms with van der Waals surface area (Å²) in [4.78, 5) is 29.4. The molecule has 0 unspecified atom stereocenters. The van der Waals surface area contributed by atoms with Crippen molar-refractivity contribution in [2.45, 2.75) is 19.3 Å². The molecule has 0 spiro atoms. The van der Waals surface area contributed by atoms with Gasteiger partial charge >= 0.3 is 6.29 Å². The third kappa shape index (κ3) is 6.25. The fourth-order valence-electron chi connectivity index (χ4n) is 3.48. The molecule has 36 heavy (non-hydrogen) atoms. The van der Waals surface area contributed by atoms with Gasteiger partial charge in [0.2, 0.25) is 0 Å². The van der Waals surface area contributed by atoms with Crippen molar-refractivity contribution in [1.29, 1.82) is 0 Å². The number of nitrogens with zero attached hydrogens (tertiary/aromatic N) is 1. The SMILES string of the molecule is COCCCNC(=O)c1cc(CNc2ccccc2C(=O)Nc2ccc3c(c2)OC(F)(F)O3)ccn1. The van der Waals surface area contributed by atoms with Gasteiger partial charge in [-0.05, 0) is 48.4 Å². The quantitative estimate of drug-likeness (QED) is 0.362. The summed E-state index contributed by atoms with van der Waals surface area (Å²) < 4.78 is 40.3. The summed E-state index contributed by atoms with van der Waals surface area (Å²) in [5, 5.41) is 8.66. The minimum atomic E-state index is -3.74. The summed E-state index contributed by atoms with van der Waals surface area (Å²) in [6, 6.07) is 14.3. The van der Waals surface area contributed by atoms with Crippen LogP contribution in [0, 0.1) is 0 Å². The highest BCUT2D eigenvalue weighted by Crippen LogP contribution is 2.42. The zero-order valence-corrected chi connectivity index (χ0v) is 19.3. The first-order chi connectivity index (χ1) is 17.3. The molecule has 0 bridgehead atoms. The van der Waals surface area contributed by atoms with Crippen molar-refractivity contribution in [3.63, 3.8) is 0 Å². The van der Waals surface area contributed by atoms with Crippen molar-refractivity contribution in [3.8, 4) is 11.5 Å². The van der Waals surface area contributed by atoms with Gasteiger partial charge in [0, 0.05) is 50.4 Å². The average molecular weight is 498 g/mol. The second-order valence-corrected chi connectivity index (χ2v) is 7.83. The maximum absolute atomic E-state index is 13.3. The Morgan fingerprint density at radius 2 is 1.83 bits per heavy atom. The Hall–Kier alpha value is -4.25. The van der Waals surface area contributed by atoms with E-state index in [0.717, 1.165) is 5.56 Å². The molecule has 2 amide bonds. The maximum Gasteiger partial charge on any atom is 0.586 e. The number of ether oxygens (including phenoxy) is 3. The van der Waals surface area contributed by atoms with Crippen molar-refractivity contribution in [3.05, 3.63) is 77.6 Å². The number of para-hydroxylation sites is 1. The number of methoxy groups -OCH3 is 1. The lowest BCUT2D eigenvalue weighted by Crippen LogP contribution is -2.26. The molecule has 4 rings (SSSR count). The summed E-state index contributed by atoms with van der Waals surface area (Å²) in [5.74, 6) is -1.01. The number of aromatic nitrogens is 1. The van der Waals surface area contributed by atoms with E-state index in [-0.39, 0.29) is 28.8 Å². The van der Waals surface area contributed by atoms with E-state index in [0.29, 0.717) is 37.4 Å². The van der Waals surface area contributed by atoms with Crippen LogP contribution in [0.1, 0.15) is 32.8 Å². The Balaban J connectivity index is 1.39. The molecule has 188 valence electrons. The van der Waals surface area contributed by atoms with Gasteiger partial charge < -0.3 is 30.2 Å². The van der Waals surface area contributed by atoms with Crippen LogP contribution in [0.25, 0.3) is 0 Å². The number of carbonyl (C=O) groups is 2. The van der Waals surface area contributed by atoms with Gasteiger partial charge in [-0.1, -0.05) is 12.1 Å². The molecule has 0 atom stereocenters. The van der Waals surface area contributed by atoms with Crippen LogP contribution in [0.15, 0.2) is 60.8 Å². The Morgan fingerprint density at radius 1 is 1.03 bits per heavy atom. The topological polar surface area (TPSA) is 111 Å². The zero-order valence-electron chi connectivity index (χ0n) is 19.3. The lowest BCUT2D eigenvalue weighted by molar-refractivity contribution is -0.286. The van der Waals surface area contributed by atoms with Crippen LogP contribution in [0.3, 0.4) is 0 Å². The van der Waals surface area contributed by atoms with Crippen molar-refractivity contribution >= 4 is 23.2 Å². The van der Waals surface area contributed by atoms with Gasteiger partial charge in [0.25, 0.3) is 11.8 Å². The second kappa shape index (κ2) is 11.0. The van der Waals surface area contributed by atoms with Crippen LogP contribution in [0.5, 0.6) is 11.5 Å². The smallest absolute Gasteiger partial charge is 0.395 e. The number of anilines is 2. The Morgan fingerprint density at radius 3 is 2.67 bits per heavy atom. The zero-order chi connectivity index (χ0) is 25.5. The predicted molar refractivity (Wildman–Crippen MR) is 127 cm³/mol. The van der Waals surface area contributed by atoms with Crippen molar-refractivity contribution in [2.75, 3.05) is 30.9 Å². The van der Waals surface area contributed by atoms with E-state index in [1.807, 2.05) is 0 Å². The molecule has 9 nitrogen and oxygen atoms in total. The lowest BCUT2D eigenvalue weighted by atomic mass is 10.1. The van der Waals surface area contributed by atoms with E-state index in [1.54, 1.807) is 49.7 Å². The maximum atomic E-state index is 13.3. The monoisotopic (exact) mass is 498 g/mol. The summed E-state index contributed by atoms with van der Waals surface area (Å²) >= 11 is 0. The van der Waals surface area contributed by atoms with Crippen molar-refractivity contribution < 1.29 is 32.6 Å². The number of hydrogen-bond acceptors (Lipinski definition) is 7. The number of pyridine rings is 1. The minimum Gasteiger partial charge on any atom is -0.395 e. The van der Waals surface area contributed by atoms with E-state index < -0.39 is 12.2 Å². The standard InChI is InChI=1S/C25H24F2N4O5/c1-34-12-4-10-29-24(33)20-13-16(9-11-28-20)15-30-19-6-3-2-5-18(19)23(32)31-17-7-8-21-22(14-17)36-25(26,27)35-21/h2-3,5-9,11,13-14,30H,4,10,12,15H2,1H3,(H,29,33)(H,31,32). The average Bonchev–Trinajstić information content (AvgIpc) is 3.18. The Kier molecular flexibility index (Phi) is 7.59. The molecule has 0 fully saturated rings. The highest BCUT2D eigenvalue weighted by Gasteiger charge is 2.43. The Bertz CT molecular complexity index is 1250. The van der Waals surface area contributed by atoms with Crippen LogP contribution in [-0.4, -0.2) is 43.4 Å². The third-order valence-electron chi connectivity index (χ3n) is 5.18. The molecule has 0 saturated carbocycles. The second-order valence-electron chi connectivity index (χ2n) is 7.83. The van der Waals surface area contributed by atoms with Gasteiger partial charge in [0.05, 0.1) is 5.56 Å². The number of alkyl halides is 2. The van der Waals surface area contributed by atoms with Gasteiger partial charge in [-0.25, -0.2) is 0 Å². The molecule has 3 aromatic rings. The first-order valence-corrected chi connectivity index (χ1v) is 11.1. The first kappa shape index (κ1) is 24.9. The molecule has 1 aliphatic rings. The number of rotatable bonds is 10. The molecule has 2 heterocycles. The van der Waals surface area contributed by atoms with E-state index in [1.165, 1.54) is 18.2 Å². The van der Waals surface area contributed by atoms with Crippen LogP contribution < -0.4 is 25.4 Å². The number of amides is 2. The number of hydrogen-bond donors (Lipinski definition) is 3. The van der Waals surface area contributed by atoms with E-state index in [4.69, 9.17) is 4.74 Å². The van der Waals surface area contributed by atoms with Crippen LogP contribution >= 0.6 is 0 Å². The van der Waals surface area contributed by atoms with Crippen LogP contribution in [0.2, 0.25) is 0 Å². The van der Waals surface area contributed by atoms with Gasteiger partial charge in [-0.3, -0.25) is 14.6 Å². The molecule has 2 aromatic carbocycles. The highest BCUT2D eigenvalue weighted by atomic mass is 19.3. The molecule has 3 N–H and O–H groups in total. The predicted octanol–water partition coefficient (Wildman–Crippen LogP) is 4.03. The minimum absolute atomic E-state index is 0.111. The summed E-state index contributed by atoms with van der Waals surface area (Å²) in [6.45, 7) is 1.36. The molecular weight excluding hydrogens is 474 g/mol. The molecule has 0 saturated heterocycles. The number of fused-ring (bicyclic) bond motifs is 1. The number of benzene rings is 2. The molecular formula is C25H24F2N4O5. The van der Waals surface area contributed by atoms with Crippen LogP contribution in [-0.2, 0) is 11.3 Å². The van der Waals surface area contributed by atoms with Crippen molar-refractivity contribution in [1.82, 2.24) is 10.3 Å². The molecule has 1 aliphatic heterocycles. The first-order valence-electron chi connectivity index (χ1n) is 11.1. The van der Waals surface area contributed by atoms with E-state index >= 15 is 0 Å². The largest absolute Gasteiger partial charge is 0.586 e. The van der Waals surface area contributed by atoms with E-state index in [2.05, 4.69) is 30.4 Å². The van der Waals surface area contributed by atoms with Gasteiger partial charge in [0.15, 0.2) is 11.5 Å². The molecule has 1 aromatic heterocycles. The fourth-order valence-corrected chi connectivity index (χ4v) is 3.48. The number of nitrogens with one attached hydrogen (secondary N) is 3. The lowest BCUT2D eigenvalue weighted by Gasteiger charge is -2.13. The van der Waals surface area contributed by atoms with E-state index in [9.17, 15) is 18.4 Å². The molecule has 11 heteroatoms. The van der Waals surface area contributed by atoms with Crippen molar-refractivity contribution in [2.24, 2.45) is 0 Å². The molecule has 0 aliphatic carbocycles. The highest BCUT2D eigenvalue weighted by molar-refractivity contribution is 6.08. The summed E-state index contributed by atoms with van der Waals surface area (Å²) in [7, 11) is 1.60. The summed E-state index contributed by atoms with van der Waals surface area (Å²) in [6.07, 6.45) is -1.50. The normalized spacial score (nSPS) is 13.2. The number of halogens is 2. The Labute approximate surface area is 205 Å².